The van der Waals surface area contributed by atoms with E-state index in [-0.39, 0.29) is 6.04 Å². The third-order valence-corrected chi connectivity index (χ3v) is 3.38. The van der Waals surface area contributed by atoms with Gasteiger partial charge in [-0.2, -0.15) is 0 Å². The number of benzene rings is 1. The molecule has 1 aromatic carbocycles. The van der Waals surface area contributed by atoms with Crippen molar-refractivity contribution < 1.29 is 9.47 Å². The summed E-state index contributed by atoms with van der Waals surface area (Å²) in [5.41, 5.74) is 1.93. The number of aromatic nitrogens is 1. The maximum absolute atomic E-state index is 5.91. The van der Waals surface area contributed by atoms with Crippen LogP contribution in [0.1, 0.15) is 24.2 Å². The fourth-order valence-corrected chi connectivity index (χ4v) is 2.26. The molecule has 1 atom stereocenters. The van der Waals surface area contributed by atoms with Crippen LogP contribution in [0.25, 0.3) is 0 Å². The third-order valence-electron chi connectivity index (χ3n) is 3.16. The number of hydrogen-bond acceptors (Lipinski definition) is 4. The second-order valence-electron chi connectivity index (χ2n) is 4.54. The van der Waals surface area contributed by atoms with Crippen LogP contribution in [0.2, 0.25) is 5.02 Å². The number of nitrogens with zero attached hydrogens (tertiary/aromatic N) is 1. The Hall–Kier alpha value is -1.78. The van der Waals surface area contributed by atoms with Gasteiger partial charge in [0, 0.05) is 12.3 Å². The molecule has 4 nitrogen and oxygen atoms in total. The van der Waals surface area contributed by atoms with Crippen LogP contribution >= 0.6 is 11.6 Å². The lowest BCUT2D eigenvalue weighted by Crippen LogP contribution is -2.23. The van der Waals surface area contributed by atoms with Crippen LogP contribution in [0.3, 0.4) is 0 Å². The lowest BCUT2D eigenvalue weighted by molar-refractivity contribution is 0.392. The lowest BCUT2D eigenvalue weighted by Gasteiger charge is -2.19. The van der Waals surface area contributed by atoms with Crippen molar-refractivity contribution in [2.24, 2.45) is 0 Å². The number of ether oxygens (including phenoxy) is 2. The standard InChI is InChI=1S/C16H19ClN2O2/c1-4-18-16(15-6-5-12(17)10-19-15)11-7-13(20-2)9-14(8-11)21-3/h5-10,16,18H,4H2,1-3H3. The Morgan fingerprint density at radius 1 is 1.14 bits per heavy atom. The summed E-state index contributed by atoms with van der Waals surface area (Å²) in [6.07, 6.45) is 1.65. The molecule has 0 fully saturated rings. The molecule has 0 bridgehead atoms. The van der Waals surface area contributed by atoms with Crippen LogP contribution in [-0.2, 0) is 0 Å². The van der Waals surface area contributed by atoms with Gasteiger partial charge < -0.3 is 14.8 Å². The molecule has 0 saturated heterocycles. The topological polar surface area (TPSA) is 43.4 Å². The highest BCUT2D eigenvalue weighted by molar-refractivity contribution is 6.30. The van der Waals surface area contributed by atoms with Gasteiger partial charge >= 0.3 is 0 Å². The van der Waals surface area contributed by atoms with Crippen LogP contribution < -0.4 is 14.8 Å². The molecule has 1 heterocycles. The van der Waals surface area contributed by atoms with Crippen molar-refractivity contribution in [2.75, 3.05) is 20.8 Å². The zero-order valence-electron chi connectivity index (χ0n) is 12.4. The summed E-state index contributed by atoms with van der Waals surface area (Å²) < 4.78 is 10.7. The zero-order valence-corrected chi connectivity index (χ0v) is 13.1. The Kier molecular flexibility index (Phi) is 5.42. The van der Waals surface area contributed by atoms with Gasteiger partial charge in [-0.05, 0) is 36.4 Å². The van der Waals surface area contributed by atoms with Crippen molar-refractivity contribution in [3.8, 4) is 11.5 Å². The first-order chi connectivity index (χ1) is 10.2. The van der Waals surface area contributed by atoms with E-state index in [0.29, 0.717) is 5.02 Å². The van der Waals surface area contributed by atoms with Crippen LogP contribution in [0, 0.1) is 0 Å². The fourth-order valence-electron chi connectivity index (χ4n) is 2.15. The van der Waals surface area contributed by atoms with E-state index in [0.717, 1.165) is 29.3 Å². The maximum Gasteiger partial charge on any atom is 0.122 e. The van der Waals surface area contributed by atoms with E-state index in [4.69, 9.17) is 21.1 Å². The summed E-state index contributed by atoms with van der Waals surface area (Å²) in [5, 5.41) is 4.04. The molecule has 0 aliphatic heterocycles. The largest absolute Gasteiger partial charge is 0.497 e. The molecule has 0 aliphatic rings. The van der Waals surface area contributed by atoms with Gasteiger partial charge in [-0.3, -0.25) is 4.98 Å². The lowest BCUT2D eigenvalue weighted by atomic mass is 10.0. The molecule has 0 saturated carbocycles. The van der Waals surface area contributed by atoms with Crippen molar-refractivity contribution in [3.05, 3.63) is 52.8 Å². The predicted molar refractivity (Wildman–Crippen MR) is 84.3 cm³/mol. The quantitative estimate of drug-likeness (QED) is 0.887. The Morgan fingerprint density at radius 2 is 1.81 bits per heavy atom. The predicted octanol–water partition coefficient (Wildman–Crippen LogP) is 3.45. The molecule has 2 rings (SSSR count). The molecule has 1 aromatic heterocycles. The van der Waals surface area contributed by atoms with E-state index in [1.165, 1.54) is 0 Å². The Balaban J connectivity index is 2.44. The summed E-state index contributed by atoms with van der Waals surface area (Å²) in [6, 6.07) is 9.52. The number of rotatable bonds is 6. The van der Waals surface area contributed by atoms with Gasteiger partial charge in [-0.15, -0.1) is 0 Å². The molecule has 0 spiro atoms. The van der Waals surface area contributed by atoms with Crippen LogP contribution in [-0.4, -0.2) is 25.7 Å². The first-order valence-corrected chi connectivity index (χ1v) is 7.13. The van der Waals surface area contributed by atoms with Gasteiger partial charge in [0.2, 0.25) is 0 Å². The minimum Gasteiger partial charge on any atom is -0.497 e. The van der Waals surface area contributed by atoms with E-state index >= 15 is 0 Å². The molecular weight excluding hydrogens is 288 g/mol. The molecule has 21 heavy (non-hydrogen) atoms. The third kappa shape index (κ3) is 3.86. The van der Waals surface area contributed by atoms with E-state index in [2.05, 4.69) is 17.2 Å². The van der Waals surface area contributed by atoms with Gasteiger partial charge in [-0.25, -0.2) is 0 Å². The first kappa shape index (κ1) is 15.6. The van der Waals surface area contributed by atoms with E-state index in [1.54, 1.807) is 20.4 Å². The first-order valence-electron chi connectivity index (χ1n) is 6.75. The Labute approximate surface area is 130 Å². The minimum atomic E-state index is -0.0451. The molecule has 0 amide bonds. The monoisotopic (exact) mass is 306 g/mol. The Morgan fingerprint density at radius 3 is 2.29 bits per heavy atom. The number of methoxy groups -OCH3 is 2. The molecule has 112 valence electrons. The van der Waals surface area contributed by atoms with Crippen LogP contribution in [0.15, 0.2) is 36.5 Å². The number of halogens is 1. The van der Waals surface area contributed by atoms with Crippen LogP contribution in [0.4, 0.5) is 0 Å². The zero-order chi connectivity index (χ0) is 15.2. The van der Waals surface area contributed by atoms with E-state index in [9.17, 15) is 0 Å². The summed E-state index contributed by atoms with van der Waals surface area (Å²) in [6.45, 7) is 2.87. The molecule has 0 aliphatic carbocycles. The fraction of sp³-hybridized carbons (Fsp3) is 0.312. The second kappa shape index (κ2) is 7.29. The minimum absolute atomic E-state index is 0.0451. The molecule has 5 heteroatoms. The smallest absolute Gasteiger partial charge is 0.122 e. The van der Waals surface area contributed by atoms with Crippen molar-refractivity contribution >= 4 is 11.6 Å². The molecule has 0 radical (unpaired) electrons. The van der Waals surface area contributed by atoms with Crippen LogP contribution in [0.5, 0.6) is 11.5 Å². The Bertz CT molecular complexity index is 565. The van der Waals surface area contributed by atoms with Crippen molar-refractivity contribution in [1.29, 1.82) is 0 Å². The SMILES string of the molecule is CCNC(c1cc(OC)cc(OC)c1)c1ccc(Cl)cn1. The molecule has 2 aromatic rings. The summed E-state index contributed by atoms with van der Waals surface area (Å²) in [5.74, 6) is 1.50. The maximum atomic E-state index is 5.91. The van der Waals surface area contributed by atoms with Gasteiger partial charge in [0.25, 0.3) is 0 Å². The summed E-state index contributed by atoms with van der Waals surface area (Å²) in [7, 11) is 3.28. The number of nitrogens with one attached hydrogen (secondary N) is 1. The van der Waals surface area contributed by atoms with Gasteiger partial charge in [0.1, 0.15) is 11.5 Å². The highest BCUT2D eigenvalue weighted by atomic mass is 35.5. The highest BCUT2D eigenvalue weighted by Gasteiger charge is 2.16. The molecule has 1 unspecified atom stereocenters. The molecule has 1 N–H and O–H groups in total. The van der Waals surface area contributed by atoms with Gasteiger partial charge in [0.15, 0.2) is 0 Å². The number of pyridine rings is 1. The average molecular weight is 307 g/mol. The average Bonchev–Trinajstić information content (AvgIpc) is 2.53. The molecular formula is C16H19ClN2O2. The van der Waals surface area contributed by atoms with Crippen molar-refractivity contribution in [1.82, 2.24) is 10.3 Å². The normalized spacial score (nSPS) is 12.0. The second-order valence-corrected chi connectivity index (χ2v) is 4.97. The van der Waals surface area contributed by atoms with E-state index in [1.807, 2.05) is 30.3 Å². The highest BCUT2D eigenvalue weighted by Crippen LogP contribution is 2.29. The summed E-state index contributed by atoms with van der Waals surface area (Å²) in [4.78, 5) is 4.41. The number of hydrogen-bond donors (Lipinski definition) is 1. The summed E-state index contributed by atoms with van der Waals surface area (Å²) >= 11 is 5.91. The van der Waals surface area contributed by atoms with Crippen molar-refractivity contribution in [2.45, 2.75) is 13.0 Å². The van der Waals surface area contributed by atoms with Gasteiger partial charge in [-0.1, -0.05) is 18.5 Å². The van der Waals surface area contributed by atoms with Crippen molar-refractivity contribution in [3.63, 3.8) is 0 Å². The van der Waals surface area contributed by atoms with Gasteiger partial charge in [0.05, 0.1) is 31.0 Å². The van der Waals surface area contributed by atoms with E-state index < -0.39 is 0 Å².